The van der Waals surface area contributed by atoms with Gasteiger partial charge in [0.25, 0.3) is 0 Å². The molecule has 0 radical (unpaired) electrons. The molecule has 2 saturated heterocycles. The molecule has 0 bridgehead atoms. The molecule has 2 atom stereocenters. The Hall–Kier alpha value is -1.22. The summed E-state index contributed by atoms with van der Waals surface area (Å²) in [4.78, 5) is 5.30. The molecule has 1 aromatic heterocycles. The average Bonchev–Trinajstić information content (AvgIpc) is 2.98. The molecule has 22 heavy (non-hydrogen) atoms. The third-order valence-corrected chi connectivity index (χ3v) is 4.99. The van der Waals surface area contributed by atoms with Gasteiger partial charge in [-0.3, -0.25) is 14.4 Å². The van der Waals surface area contributed by atoms with Crippen molar-refractivity contribution in [2.24, 2.45) is 0 Å². The lowest BCUT2D eigenvalue weighted by Crippen LogP contribution is -2.47. The number of rotatable bonds is 2. The first-order chi connectivity index (χ1) is 10.8. The zero-order chi connectivity index (χ0) is 14.9. The Balaban J connectivity index is 1.60. The van der Waals surface area contributed by atoms with E-state index in [2.05, 4.69) is 15.0 Å². The minimum absolute atomic E-state index is 0.0972. The lowest BCUT2D eigenvalue weighted by atomic mass is 9.89. The van der Waals surface area contributed by atoms with Gasteiger partial charge >= 0.3 is 0 Å². The summed E-state index contributed by atoms with van der Waals surface area (Å²) in [5.41, 5.74) is 1.52. The predicted octanol–water partition coefficient (Wildman–Crippen LogP) is -0.152. The molecule has 0 N–H and O–H groups in total. The number of ether oxygens (including phenoxy) is 2. The maximum Gasteiger partial charge on any atom is 0.239 e. The summed E-state index contributed by atoms with van der Waals surface area (Å²) in [7, 11) is 0. The van der Waals surface area contributed by atoms with E-state index in [1.54, 1.807) is 0 Å². The van der Waals surface area contributed by atoms with Crippen molar-refractivity contribution in [3.05, 3.63) is 16.6 Å². The fourth-order valence-corrected chi connectivity index (χ4v) is 3.87. The Morgan fingerprint density at radius 2 is 1.45 bits per heavy atom. The highest BCUT2D eigenvalue weighted by atomic mass is 16.8. The van der Waals surface area contributed by atoms with Crippen molar-refractivity contribution in [3.8, 4) is 0 Å². The van der Waals surface area contributed by atoms with Crippen molar-refractivity contribution in [2.45, 2.75) is 24.9 Å². The highest BCUT2D eigenvalue weighted by molar-refractivity contribution is 5.18. The molecule has 8 nitrogen and oxygen atoms in total. The number of aromatic nitrogens is 2. The van der Waals surface area contributed by atoms with Gasteiger partial charge in [-0.1, -0.05) is 0 Å². The van der Waals surface area contributed by atoms with E-state index in [1.807, 2.05) is 0 Å². The summed E-state index contributed by atoms with van der Waals surface area (Å²) in [5, 5.41) is 16.2. The van der Waals surface area contributed by atoms with Crippen LogP contribution >= 0.6 is 0 Å². The Kier molecular flexibility index (Phi) is 4.00. The quantitative estimate of drug-likeness (QED) is 0.703. The molecule has 0 saturated carbocycles. The molecule has 3 aliphatic rings. The second-order valence-corrected chi connectivity index (χ2v) is 6.11. The first-order valence-corrected chi connectivity index (χ1v) is 8.07. The molecule has 1 aliphatic carbocycles. The summed E-state index contributed by atoms with van der Waals surface area (Å²) < 4.78 is 15.8. The molecular formula is C14H22N4O4. The van der Waals surface area contributed by atoms with Gasteiger partial charge in [-0.2, -0.15) is 0 Å². The highest BCUT2D eigenvalue weighted by Gasteiger charge is 2.43. The van der Waals surface area contributed by atoms with Gasteiger partial charge in [0.15, 0.2) is 0 Å². The third kappa shape index (κ3) is 2.50. The fourth-order valence-electron chi connectivity index (χ4n) is 3.87. The van der Waals surface area contributed by atoms with Crippen LogP contribution in [0.2, 0.25) is 0 Å². The van der Waals surface area contributed by atoms with E-state index in [0.29, 0.717) is 10.6 Å². The van der Waals surface area contributed by atoms with E-state index < -0.39 is 0 Å². The van der Waals surface area contributed by atoms with E-state index in [-0.39, 0.29) is 12.1 Å². The minimum atomic E-state index is 0.0972. The molecule has 0 aromatic carbocycles. The highest BCUT2D eigenvalue weighted by Crippen LogP contribution is 2.40. The van der Waals surface area contributed by atoms with Crippen molar-refractivity contribution < 1.29 is 19.0 Å². The fraction of sp³-hybridized carbons (Fsp3) is 0.857. The van der Waals surface area contributed by atoms with E-state index in [1.165, 1.54) is 0 Å². The largest absolute Gasteiger partial charge is 0.379 e. The van der Waals surface area contributed by atoms with Crippen LogP contribution in [0.4, 0.5) is 0 Å². The SMILES string of the molecule is [O-][n+]1onc2c1[C@@H](N1CCOCC1)CC[C@@H]2N1CCOCC1. The van der Waals surface area contributed by atoms with E-state index in [0.717, 1.165) is 71.1 Å². The standard InChI is InChI=1S/C14H22N4O4/c19-18-14-12(17-5-9-21-10-6-17)2-1-11(13(14)15-22-18)16-3-7-20-8-4-16/h11-12H,1-10H2/t11-,12-/m0/s1. The van der Waals surface area contributed by atoms with E-state index in [4.69, 9.17) is 14.1 Å². The second-order valence-electron chi connectivity index (χ2n) is 6.11. The van der Waals surface area contributed by atoms with Gasteiger partial charge in [0, 0.05) is 31.3 Å². The maximum atomic E-state index is 12.1. The van der Waals surface area contributed by atoms with E-state index in [9.17, 15) is 5.21 Å². The normalized spacial score (nSPS) is 31.1. The lowest BCUT2D eigenvalue weighted by Gasteiger charge is -2.39. The zero-order valence-corrected chi connectivity index (χ0v) is 12.6. The molecule has 8 heteroatoms. The van der Waals surface area contributed by atoms with Crippen LogP contribution in [0.5, 0.6) is 0 Å². The Bertz CT molecular complexity index is 511. The van der Waals surface area contributed by atoms with Gasteiger partial charge in [-0.15, -0.1) is 0 Å². The van der Waals surface area contributed by atoms with Crippen molar-refractivity contribution in [1.29, 1.82) is 0 Å². The molecule has 0 unspecified atom stereocenters. The van der Waals surface area contributed by atoms with Crippen LogP contribution in [0, 0.1) is 5.21 Å². The number of hydrogen-bond donors (Lipinski definition) is 0. The smallest absolute Gasteiger partial charge is 0.239 e. The van der Waals surface area contributed by atoms with Gasteiger partial charge < -0.3 is 14.7 Å². The minimum Gasteiger partial charge on any atom is -0.379 e. The Morgan fingerprint density at radius 1 is 0.909 bits per heavy atom. The Morgan fingerprint density at radius 3 is 2.09 bits per heavy atom. The van der Waals surface area contributed by atoms with Crippen LogP contribution in [0.3, 0.4) is 0 Å². The number of nitrogens with zero attached hydrogens (tertiary/aromatic N) is 4. The van der Waals surface area contributed by atoms with Crippen LogP contribution in [-0.2, 0) is 9.47 Å². The summed E-state index contributed by atoms with van der Waals surface area (Å²) in [5.74, 6) is 0. The molecule has 0 amide bonds. The second kappa shape index (κ2) is 6.11. The van der Waals surface area contributed by atoms with Crippen molar-refractivity contribution >= 4 is 0 Å². The molecule has 0 spiro atoms. The monoisotopic (exact) mass is 310 g/mol. The predicted molar refractivity (Wildman–Crippen MR) is 75.0 cm³/mol. The molecule has 2 fully saturated rings. The lowest BCUT2D eigenvalue weighted by molar-refractivity contribution is -0.809. The topological polar surface area (TPSA) is 77.9 Å². The van der Waals surface area contributed by atoms with Crippen molar-refractivity contribution in [3.63, 3.8) is 0 Å². The van der Waals surface area contributed by atoms with E-state index >= 15 is 0 Å². The van der Waals surface area contributed by atoms with Gasteiger partial charge in [0.1, 0.15) is 0 Å². The average molecular weight is 310 g/mol. The zero-order valence-electron chi connectivity index (χ0n) is 12.6. The van der Waals surface area contributed by atoms with Gasteiger partial charge in [-0.05, 0) is 17.7 Å². The van der Waals surface area contributed by atoms with Crippen molar-refractivity contribution in [2.75, 3.05) is 52.6 Å². The maximum absolute atomic E-state index is 12.1. The van der Waals surface area contributed by atoms with Crippen LogP contribution in [-0.4, -0.2) is 67.6 Å². The van der Waals surface area contributed by atoms with Gasteiger partial charge in [-0.25, -0.2) is 0 Å². The molecule has 1 aromatic rings. The van der Waals surface area contributed by atoms with Gasteiger partial charge in [0.2, 0.25) is 11.4 Å². The first kappa shape index (κ1) is 14.4. The number of hydrogen-bond acceptors (Lipinski definition) is 7. The van der Waals surface area contributed by atoms with Crippen LogP contribution in [0.1, 0.15) is 36.3 Å². The van der Waals surface area contributed by atoms with Gasteiger partial charge in [0.05, 0.1) is 38.5 Å². The van der Waals surface area contributed by atoms with Crippen LogP contribution < -0.4 is 4.90 Å². The molecule has 3 heterocycles. The van der Waals surface area contributed by atoms with Crippen molar-refractivity contribution in [1.82, 2.24) is 15.0 Å². The number of morpholine rings is 2. The van der Waals surface area contributed by atoms with Crippen LogP contribution in [0.15, 0.2) is 4.63 Å². The molecule has 4 rings (SSSR count). The molecule has 122 valence electrons. The summed E-state index contributed by atoms with van der Waals surface area (Å²) in [6.45, 7) is 6.43. The Labute approximate surface area is 129 Å². The molecular weight excluding hydrogens is 288 g/mol. The van der Waals surface area contributed by atoms with Crippen LogP contribution in [0.25, 0.3) is 0 Å². The number of fused-ring (bicyclic) bond motifs is 1. The molecule has 2 aliphatic heterocycles. The first-order valence-electron chi connectivity index (χ1n) is 8.07. The summed E-state index contributed by atoms with van der Waals surface area (Å²) in [6, 6.07) is 0.273. The summed E-state index contributed by atoms with van der Waals surface area (Å²) >= 11 is 0. The summed E-state index contributed by atoms with van der Waals surface area (Å²) in [6.07, 6.45) is 1.96. The third-order valence-electron chi connectivity index (χ3n) is 4.99.